The van der Waals surface area contributed by atoms with Crippen LogP contribution < -0.4 is 4.74 Å². The van der Waals surface area contributed by atoms with Gasteiger partial charge in [-0.15, -0.1) is 0 Å². The van der Waals surface area contributed by atoms with E-state index in [1.807, 2.05) is 0 Å². The van der Waals surface area contributed by atoms with E-state index in [2.05, 4.69) is 4.98 Å². The molecule has 0 unspecified atom stereocenters. The van der Waals surface area contributed by atoms with Gasteiger partial charge in [0.05, 0.1) is 16.7 Å². The summed E-state index contributed by atoms with van der Waals surface area (Å²) in [5, 5.41) is 11.4. The molecule has 0 aliphatic heterocycles. The summed E-state index contributed by atoms with van der Waals surface area (Å²) in [6, 6.07) is 14.1. The Morgan fingerprint density at radius 3 is 2.77 bits per heavy atom. The fraction of sp³-hybridized carbons (Fsp3) is 0.0625. The lowest BCUT2D eigenvalue weighted by Crippen LogP contribution is -1.99. The SMILES string of the molecule is O=[N+]([O-])c1cccc(OCc2ccc3cccc(F)c3n2)c1. The topological polar surface area (TPSA) is 65.3 Å². The smallest absolute Gasteiger partial charge is 0.273 e. The van der Waals surface area contributed by atoms with Gasteiger partial charge in [0.1, 0.15) is 23.7 Å². The molecule has 2 aromatic carbocycles. The molecule has 0 N–H and O–H groups in total. The number of non-ortho nitro benzene ring substituents is 1. The Morgan fingerprint density at radius 2 is 1.95 bits per heavy atom. The van der Waals surface area contributed by atoms with Gasteiger partial charge in [0.25, 0.3) is 5.69 Å². The van der Waals surface area contributed by atoms with Crippen LogP contribution in [0.4, 0.5) is 10.1 Å². The fourth-order valence-electron chi connectivity index (χ4n) is 2.08. The molecule has 0 saturated heterocycles. The summed E-state index contributed by atoms with van der Waals surface area (Å²) in [6.45, 7) is 0.103. The van der Waals surface area contributed by atoms with E-state index in [1.54, 1.807) is 36.4 Å². The van der Waals surface area contributed by atoms with Gasteiger partial charge < -0.3 is 4.74 Å². The molecule has 1 aromatic heterocycles. The highest BCUT2D eigenvalue weighted by molar-refractivity contribution is 5.79. The first-order chi connectivity index (χ1) is 10.6. The molecule has 0 spiro atoms. The molecule has 6 heteroatoms. The first-order valence-corrected chi connectivity index (χ1v) is 6.55. The summed E-state index contributed by atoms with van der Waals surface area (Å²) in [7, 11) is 0. The number of hydrogen-bond donors (Lipinski definition) is 0. The number of fused-ring (bicyclic) bond motifs is 1. The number of nitrogens with zero attached hydrogens (tertiary/aromatic N) is 2. The van der Waals surface area contributed by atoms with Crippen LogP contribution in [0.15, 0.2) is 54.6 Å². The molecule has 0 amide bonds. The number of halogens is 1. The first kappa shape index (κ1) is 13.9. The molecule has 22 heavy (non-hydrogen) atoms. The van der Waals surface area contributed by atoms with Crippen LogP contribution in [0.3, 0.4) is 0 Å². The Labute approximate surface area is 125 Å². The van der Waals surface area contributed by atoms with Crippen molar-refractivity contribution in [1.82, 2.24) is 4.98 Å². The molecule has 0 bridgehead atoms. The third-order valence-electron chi connectivity index (χ3n) is 3.14. The number of rotatable bonds is 4. The summed E-state index contributed by atoms with van der Waals surface area (Å²) < 4.78 is 19.2. The maximum absolute atomic E-state index is 13.7. The van der Waals surface area contributed by atoms with Gasteiger partial charge in [-0.3, -0.25) is 10.1 Å². The summed E-state index contributed by atoms with van der Waals surface area (Å²) in [6.07, 6.45) is 0. The molecule has 0 aliphatic rings. The minimum atomic E-state index is -0.490. The van der Waals surface area contributed by atoms with Crippen molar-refractivity contribution < 1.29 is 14.1 Å². The molecule has 0 radical (unpaired) electrons. The quantitative estimate of drug-likeness (QED) is 0.542. The average Bonchev–Trinajstić information content (AvgIpc) is 2.54. The van der Waals surface area contributed by atoms with E-state index in [0.29, 0.717) is 16.8 Å². The number of para-hydroxylation sites is 1. The van der Waals surface area contributed by atoms with Crippen molar-refractivity contribution in [3.05, 3.63) is 76.2 Å². The third-order valence-corrected chi connectivity index (χ3v) is 3.14. The van der Waals surface area contributed by atoms with Crippen LogP contribution in [-0.4, -0.2) is 9.91 Å². The molecule has 0 atom stereocenters. The molecule has 1 heterocycles. The Kier molecular flexibility index (Phi) is 3.65. The van der Waals surface area contributed by atoms with Crippen molar-refractivity contribution in [3.8, 4) is 5.75 Å². The van der Waals surface area contributed by atoms with Gasteiger partial charge in [0, 0.05) is 11.5 Å². The Bertz CT molecular complexity index is 852. The number of hydrogen-bond acceptors (Lipinski definition) is 4. The van der Waals surface area contributed by atoms with Gasteiger partial charge in [-0.25, -0.2) is 9.37 Å². The number of nitro groups is 1. The van der Waals surface area contributed by atoms with Crippen LogP contribution >= 0.6 is 0 Å². The Morgan fingerprint density at radius 1 is 1.14 bits per heavy atom. The largest absolute Gasteiger partial charge is 0.487 e. The minimum absolute atomic E-state index is 0.0463. The second kappa shape index (κ2) is 5.77. The lowest BCUT2D eigenvalue weighted by Gasteiger charge is -2.07. The Balaban J connectivity index is 1.80. The monoisotopic (exact) mass is 298 g/mol. The third kappa shape index (κ3) is 2.85. The van der Waals surface area contributed by atoms with E-state index >= 15 is 0 Å². The summed E-state index contributed by atoms with van der Waals surface area (Å²) in [4.78, 5) is 14.4. The second-order valence-electron chi connectivity index (χ2n) is 4.66. The van der Waals surface area contributed by atoms with Gasteiger partial charge in [-0.1, -0.05) is 24.3 Å². The lowest BCUT2D eigenvalue weighted by molar-refractivity contribution is -0.384. The second-order valence-corrected chi connectivity index (χ2v) is 4.66. The maximum atomic E-state index is 13.7. The number of aromatic nitrogens is 1. The van der Waals surface area contributed by atoms with Crippen LogP contribution in [0, 0.1) is 15.9 Å². The highest BCUT2D eigenvalue weighted by Gasteiger charge is 2.07. The van der Waals surface area contributed by atoms with Crippen LogP contribution in [0.1, 0.15) is 5.69 Å². The summed E-state index contributed by atoms with van der Waals surface area (Å²) in [5.41, 5.74) is 0.779. The minimum Gasteiger partial charge on any atom is -0.487 e. The molecule has 0 aliphatic carbocycles. The predicted molar refractivity (Wildman–Crippen MR) is 79.1 cm³/mol. The van der Waals surface area contributed by atoms with Crippen LogP contribution in [-0.2, 0) is 6.61 Å². The lowest BCUT2D eigenvalue weighted by atomic mass is 10.2. The summed E-state index contributed by atoms with van der Waals surface area (Å²) in [5.74, 6) is -0.0284. The van der Waals surface area contributed by atoms with E-state index in [9.17, 15) is 14.5 Å². The standard InChI is InChI=1S/C16H11FN2O3/c17-15-6-1-3-11-7-8-12(18-16(11)15)10-22-14-5-2-4-13(9-14)19(20)21/h1-9H,10H2. The van der Waals surface area contributed by atoms with Gasteiger partial charge in [-0.05, 0) is 18.2 Å². The van der Waals surface area contributed by atoms with E-state index in [-0.39, 0.29) is 17.8 Å². The molecule has 110 valence electrons. The van der Waals surface area contributed by atoms with Gasteiger partial charge in [0.2, 0.25) is 0 Å². The molecule has 0 saturated carbocycles. The molecular weight excluding hydrogens is 287 g/mol. The van der Waals surface area contributed by atoms with Crippen LogP contribution in [0.25, 0.3) is 10.9 Å². The van der Waals surface area contributed by atoms with E-state index in [4.69, 9.17) is 4.74 Å². The van der Waals surface area contributed by atoms with Crippen molar-refractivity contribution in [2.45, 2.75) is 6.61 Å². The van der Waals surface area contributed by atoms with E-state index in [0.717, 1.165) is 0 Å². The molecule has 5 nitrogen and oxygen atoms in total. The van der Waals surface area contributed by atoms with Crippen LogP contribution in [0.5, 0.6) is 5.75 Å². The Hall–Kier alpha value is -3.02. The number of benzene rings is 2. The normalized spacial score (nSPS) is 10.6. The van der Waals surface area contributed by atoms with E-state index in [1.165, 1.54) is 18.2 Å². The highest BCUT2D eigenvalue weighted by Crippen LogP contribution is 2.21. The van der Waals surface area contributed by atoms with Gasteiger partial charge in [-0.2, -0.15) is 0 Å². The zero-order valence-electron chi connectivity index (χ0n) is 11.4. The number of pyridine rings is 1. The zero-order chi connectivity index (χ0) is 15.5. The number of nitro benzene ring substituents is 1. The van der Waals surface area contributed by atoms with Crippen molar-refractivity contribution in [3.63, 3.8) is 0 Å². The highest BCUT2D eigenvalue weighted by atomic mass is 19.1. The molecule has 3 rings (SSSR count). The fourth-order valence-corrected chi connectivity index (χ4v) is 2.08. The van der Waals surface area contributed by atoms with Gasteiger partial charge >= 0.3 is 0 Å². The predicted octanol–water partition coefficient (Wildman–Crippen LogP) is 3.86. The first-order valence-electron chi connectivity index (χ1n) is 6.55. The van der Waals surface area contributed by atoms with Crippen molar-refractivity contribution in [1.29, 1.82) is 0 Å². The van der Waals surface area contributed by atoms with Gasteiger partial charge in [0.15, 0.2) is 0 Å². The summed E-state index contributed by atoms with van der Waals surface area (Å²) >= 11 is 0. The average molecular weight is 298 g/mol. The maximum Gasteiger partial charge on any atom is 0.273 e. The molecular formula is C16H11FN2O3. The van der Waals surface area contributed by atoms with E-state index < -0.39 is 10.7 Å². The van der Waals surface area contributed by atoms with Crippen molar-refractivity contribution in [2.24, 2.45) is 0 Å². The van der Waals surface area contributed by atoms with Crippen LogP contribution in [0.2, 0.25) is 0 Å². The molecule has 0 fully saturated rings. The molecule has 3 aromatic rings. The van der Waals surface area contributed by atoms with Crippen molar-refractivity contribution in [2.75, 3.05) is 0 Å². The van der Waals surface area contributed by atoms with Crippen molar-refractivity contribution >= 4 is 16.6 Å². The zero-order valence-corrected chi connectivity index (χ0v) is 11.4. The number of ether oxygens (including phenoxy) is 1.